The first-order chi connectivity index (χ1) is 10.5. The Balaban J connectivity index is 1.75. The maximum absolute atomic E-state index is 13.4. The topological polar surface area (TPSA) is 52.7 Å². The number of amides is 2. The van der Waals surface area contributed by atoms with E-state index in [0.29, 0.717) is 26.2 Å². The summed E-state index contributed by atoms with van der Waals surface area (Å²) in [5, 5.41) is 2.78. The quantitative estimate of drug-likeness (QED) is 0.916. The number of benzene rings is 1. The zero-order chi connectivity index (χ0) is 16.1. The molecule has 1 N–H and O–H groups in total. The molecule has 2 rings (SSSR count). The molecule has 0 spiro atoms. The molecule has 0 bridgehead atoms. The summed E-state index contributed by atoms with van der Waals surface area (Å²) in [4.78, 5) is 26.6. The highest BCUT2D eigenvalue weighted by Gasteiger charge is 2.21. The van der Waals surface area contributed by atoms with Crippen molar-refractivity contribution in [2.24, 2.45) is 0 Å². The van der Waals surface area contributed by atoms with Crippen molar-refractivity contribution < 1.29 is 18.4 Å². The summed E-state index contributed by atoms with van der Waals surface area (Å²) in [6.07, 6.45) is 0.219. The Morgan fingerprint density at radius 3 is 2.36 bits per heavy atom. The van der Waals surface area contributed by atoms with E-state index in [1.54, 1.807) is 9.80 Å². The average molecular weight is 311 g/mol. The number of nitrogens with one attached hydrogen (secondary N) is 1. The summed E-state index contributed by atoms with van der Waals surface area (Å²) >= 11 is 0. The van der Waals surface area contributed by atoms with Gasteiger partial charge in [-0.2, -0.15) is 0 Å². The van der Waals surface area contributed by atoms with Gasteiger partial charge in [0.15, 0.2) is 0 Å². The van der Waals surface area contributed by atoms with Crippen LogP contribution in [-0.2, 0) is 9.59 Å². The molecule has 0 radical (unpaired) electrons. The molecule has 1 heterocycles. The molecular formula is C15H19F2N3O2. The number of carbonyl (C=O) groups is 2. The van der Waals surface area contributed by atoms with Gasteiger partial charge in [-0.1, -0.05) is 0 Å². The second-order valence-corrected chi connectivity index (χ2v) is 5.19. The van der Waals surface area contributed by atoms with E-state index in [1.165, 1.54) is 13.0 Å². The minimum Gasteiger partial charge on any atom is -0.382 e. The fraction of sp³-hybridized carbons (Fsp3) is 0.467. The van der Waals surface area contributed by atoms with Crippen molar-refractivity contribution in [3.63, 3.8) is 0 Å². The molecule has 7 heteroatoms. The normalized spacial score (nSPS) is 14.9. The first kappa shape index (κ1) is 16.2. The molecule has 22 heavy (non-hydrogen) atoms. The maximum Gasteiger partial charge on any atom is 0.224 e. The predicted molar refractivity (Wildman–Crippen MR) is 78.3 cm³/mol. The molecule has 1 saturated heterocycles. The van der Waals surface area contributed by atoms with Crippen LogP contribution in [0.1, 0.15) is 13.3 Å². The van der Waals surface area contributed by atoms with Crippen LogP contribution in [-0.4, -0.2) is 54.3 Å². The minimum atomic E-state index is -0.678. The van der Waals surface area contributed by atoms with Gasteiger partial charge in [0.05, 0.1) is 5.69 Å². The number of rotatable bonds is 4. The Morgan fingerprint density at radius 1 is 1.14 bits per heavy atom. The van der Waals surface area contributed by atoms with E-state index in [1.807, 2.05) is 0 Å². The van der Waals surface area contributed by atoms with Crippen LogP contribution < -0.4 is 5.32 Å². The van der Waals surface area contributed by atoms with Crippen molar-refractivity contribution in [1.82, 2.24) is 9.80 Å². The van der Waals surface area contributed by atoms with Crippen LogP contribution in [0.2, 0.25) is 0 Å². The molecule has 2 amide bonds. The summed E-state index contributed by atoms with van der Waals surface area (Å²) in [7, 11) is 0. The van der Waals surface area contributed by atoms with Gasteiger partial charge >= 0.3 is 0 Å². The third-order valence-electron chi connectivity index (χ3n) is 3.66. The molecular weight excluding hydrogens is 292 g/mol. The van der Waals surface area contributed by atoms with Crippen molar-refractivity contribution in [1.29, 1.82) is 0 Å². The molecule has 1 aromatic rings. The van der Waals surface area contributed by atoms with Gasteiger partial charge in [-0.3, -0.25) is 9.59 Å². The van der Waals surface area contributed by atoms with Gasteiger partial charge in [0.25, 0.3) is 0 Å². The molecule has 0 aromatic heterocycles. The van der Waals surface area contributed by atoms with Crippen LogP contribution in [0.15, 0.2) is 18.2 Å². The van der Waals surface area contributed by atoms with Crippen LogP contribution in [0.25, 0.3) is 0 Å². The molecule has 5 nitrogen and oxygen atoms in total. The summed E-state index contributed by atoms with van der Waals surface area (Å²) in [6.45, 7) is 3.90. The smallest absolute Gasteiger partial charge is 0.224 e. The molecule has 0 aliphatic carbocycles. The Labute approximate surface area is 127 Å². The second kappa shape index (κ2) is 7.20. The van der Waals surface area contributed by atoms with E-state index in [2.05, 4.69) is 5.32 Å². The Morgan fingerprint density at radius 2 is 1.77 bits per heavy atom. The number of hydrogen-bond acceptors (Lipinski definition) is 3. The molecule has 1 aliphatic heterocycles. The molecule has 1 aliphatic rings. The molecule has 0 atom stereocenters. The number of carbonyl (C=O) groups excluding carboxylic acids is 2. The predicted octanol–water partition coefficient (Wildman–Crippen LogP) is 1.46. The van der Waals surface area contributed by atoms with Gasteiger partial charge in [-0.05, 0) is 12.1 Å². The zero-order valence-electron chi connectivity index (χ0n) is 12.4. The standard InChI is InChI=1S/C15H19F2N3O2/c1-11(21)19-6-8-20(9-7-19)15(22)4-5-18-14-3-2-12(16)10-13(14)17/h2-3,10,18H,4-9H2,1H3. The number of halogens is 2. The lowest BCUT2D eigenvalue weighted by molar-refractivity contribution is -0.138. The lowest BCUT2D eigenvalue weighted by atomic mass is 10.2. The van der Waals surface area contributed by atoms with E-state index in [0.717, 1.165) is 12.1 Å². The highest BCUT2D eigenvalue weighted by molar-refractivity contribution is 5.78. The van der Waals surface area contributed by atoms with E-state index >= 15 is 0 Å². The van der Waals surface area contributed by atoms with E-state index < -0.39 is 11.6 Å². The Kier molecular flexibility index (Phi) is 5.30. The Hall–Kier alpha value is -2.18. The van der Waals surface area contributed by atoms with Crippen LogP contribution in [0.4, 0.5) is 14.5 Å². The van der Waals surface area contributed by atoms with Crippen molar-refractivity contribution in [3.8, 4) is 0 Å². The van der Waals surface area contributed by atoms with Gasteiger partial charge < -0.3 is 15.1 Å². The van der Waals surface area contributed by atoms with Gasteiger partial charge in [0.2, 0.25) is 11.8 Å². The third kappa shape index (κ3) is 4.16. The first-order valence-corrected chi connectivity index (χ1v) is 7.19. The Bertz CT molecular complexity index is 558. The lowest BCUT2D eigenvalue weighted by Gasteiger charge is -2.34. The highest BCUT2D eigenvalue weighted by atomic mass is 19.1. The van der Waals surface area contributed by atoms with Gasteiger partial charge in [0, 0.05) is 52.1 Å². The monoisotopic (exact) mass is 311 g/mol. The SMILES string of the molecule is CC(=O)N1CCN(C(=O)CCNc2ccc(F)cc2F)CC1. The molecule has 0 unspecified atom stereocenters. The number of nitrogens with zero attached hydrogens (tertiary/aromatic N) is 2. The molecule has 1 aromatic carbocycles. The summed E-state index contributed by atoms with van der Waals surface area (Å²) < 4.78 is 26.2. The summed E-state index contributed by atoms with van der Waals surface area (Å²) in [6, 6.07) is 3.26. The maximum atomic E-state index is 13.4. The average Bonchev–Trinajstić information content (AvgIpc) is 2.49. The van der Waals surface area contributed by atoms with E-state index in [9.17, 15) is 18.4 Å². The fourth-order valence-electron chi connectivity index (χ4n) is 2.37. The molecule has 0 saturated carbocycles. The third-order valence-corrected chi connectivity index (χ3v) is 3.66. The van der Waals surface area contributed by atoms with Gasteiger partial charge in [-0.25, -0.2) is 8.78 Å². The summed E-state index contributed by atoms with van der Waals surface area (Å²) in [5.74, 6) is -1.34. The first-order valence-electron chi connectivity index (χ1n) is 7.19. The van der Waals surface area contributed by atoms with Crippen molar-refractivity contribution >= 4 is 17.5 Å². The highest BCUT2D eigenvalue weighted by Crippen LogP contribution is 2.15. The van der Waals surface area contributed by atoms with Crippen LogP contribution in [0.5, 0.6) is 0 Å². The van der Waals surface area contributed by atoms with E-state index in [4.69, 9.17) is 0 Å². The summed E-state index contributed by atoms with van der Waals surface area (Å²) in [5.41, 5.74) is 0.176. The van der Waals surface area contributed by atoms with Crippen molar-refractivity contribution in [2.45, 2.75) is 13.3 Å². The zero-order valence-corrected chi connectivity index (χ0v) is 12.4. The van der Waals surface area contributed by atoms with Crippen LogP contribution in [0.3, 0.4) is 0 Å². The van der Waals surface area contributed by atoms with Crippen LogP contribution >= 0.6 is 0 Å². The van der Waals surface area contributed by atoms with Gasteiger partial charge in [0.1, 0.15) is 11.6 Å². The minimum absolute atomic E-state index is 0.0144. The molecule has 1 fully saturated rings. The largest absolute Gasteiger partial charge is 0.382 e. The van der Waals surface area contributed by atoms with Crippen LogP contribution in [0, 0.1) is 11.6 Å². The molecule has 120 valence electrons. The second-order valence-electron chi connectivity index (χ2n) is 5.19. The fourth-order valence-corrected chi connectivity index (χ4v) is 2.37. The number of hydrogen-bond donors (Lipinski definition) is 1. The number of piperazine rings is 1. The van der Waals surface area contributed by atoms with Crippen molar-refractivity contribution in [3.05, 3.63) is 29.8 Å². The number of anilines is 1. The van der Waals surface area contributed by atoms with Gasteiger partial charge in [-0.15, -0.1) is 0 Å². The van der Waals surface area contributed by atoms with E-state index in [-0.39, 0.29) is 30.5 Å². The lowest BCUT2D eigenvalue weighted by Crippen LogP contribution is -2.50. The van der Waals surface area contributed by atoms with Crippen molar-refractivity contribution in [2.75, 3.05) is 38.0 Å².